The molecule has 112 valence electrons. The number of thiocarbonyl (C=S) groups is 1. The molecule has 0 atom stereocenters. The van der Waals surface area contributed by atoms with Gasteiger partial charge in [-0.1, -0.05) is 17.8 Å². The van der Waals surface area contributed by atoms with Crippen molar-refractivity contribution in [3.8, 4) is 6.07 Å². The molecule has 0 amide bonds. The largest absolute Gasteiger partial charge is 0.332 e. The van der Waals surface area contributed by atoms with Crippen molar-refractivity contribution in [2.45, 2.75) is 10.7 Å². The molecule has 7 heteroatoms. The number of nitrogens with one attached hydrogen (secondary N) is 2. The molecular formula is C15H11F2N3S2. The first-order valence-corrected chi connectivity index (χ1v) is 7.48. The number of nitrogens with zero attached hydrogens (tertiary/aromatic N) is 1. The molecule has 0 saturated heterocycles. The predicted octanol–water partition coefficient (Wildman–Crippen LogP) is 4.68. The Labute approximate surface area is 136 Å². The zero-order valence-corrected chi connectivity index (χ0v) is 12.8. The van der Waals surface area contributed by atoms with Crippen LogP contribution in [0.15, 0.2) is 53.4 Å². The maximum absolute atomic E-state index is 12.2. The highest BCUT2D eigenvalue weighted by Gasteiger charge is 2.05. The van der Waals surface area contributed by atoms with E-state index in [0.29, 0.717) is 38.7 Å². The van der Waals surface area contributed by atoms with Gasteiger partial charge in [-0.2, -0.15) is 14.0 Å². The van der Waals surface area contributed by atoms with Crippen molar-refractivity contribution in [1.29, 1.82) is 5.26 Å². The van der Waals surface area contributed by atoms with Crippen LogP contribution >= 0.6 is 24.0 Å². The monoisotopic (exact) mass is 335 g/mol. The molecule has 0 aliphatic heterocycles. The zero-order valence-electron chi connectivity index (χ0n) is 11.2. The molecule has 22 heavy (non-hydrogen) atoms. The number of nitriles is 1. The molecule has 2 aromatic carbocycles. The number of thioether (sulfide) groups is 1. The van der Waals surface area contributed by atoms with E-state index in [9.17, 15) is 8.78 Å². The van der Waals surface area contributed by atoms with Crippen LogP contribution < -0.4 is 10.6 Å². The highest BCUT2D eigenvalue weighted by molar-refractivity contribution is 7.99. The van der Waals surface area contributed by atoms with Gasteiger partial charge in [0, 0.05) is 16.3 Å². The van der Waals surface area contributed by atoms with Crippen molar-refractivity contribution in [1.82, 2.24) is 0 Å². The molecule has 0 aromatic heterocycles. The van der Waals surface area contributed by atoms with Crippen LogP contribution in [0.2, 0.25) is 0 Å². The summed E-state index contributed by atoms with van der Waals surface area (Å²) in [6.45, 7) is 0. The quantitative estimate of drug-likeness (QED) is 0.627. The number of halogens is 2. The Bertz CT molecular complexity index is 697. The molecule has 0 saturated carbocycles. The Balaban J connectivity index is 1.95. The summed E-state index contributed by atoms with van der Waals surface area (Å²) in [6, 6.07) is 15.5. The molecule has 0 heterocycles. The van der Waals surface area contributed by atoms with E-state index in [1.54, 1.807) is 48.5 Å². The van der Waals surface area contributed by atoms with Crippen LogP contribution in [0.1, 0.15) is 5.56 Å². The number of anilines is 2. The van der Waals surface area contributed by atoms with Gasteiger partial charge in [0.05, 0.1) is 11.6 Å². The van der Waals surface area contributed by atoms with Gasteiger partial charge in [-0.25, -0.2) is 0 Å². The summed E-state index contributed by atoms with van der Waals surface area (Å²) in [6.07, 6.45) is 0. The lowest BCUT2D eigenvalue weighted by Gasteiger charge is -2.11. The standard InChI is InChI=1S/C15H11F2N3S2/c16-14(17)22-13-6-4-11(5-7-13)19-15(21)20-12-3-1-2-10(8-12)9-18/h1-8,14H,(H2,19,20,21). The highest BCUT2D eigenvalue weighted by Crippen LogP contribution is 2.26. The van der Waals surface area contributed by atoms with E-state index >= 15 is 0 Å². The lowest BCUT2D eigenvalue weighted by molar-refractivity contribution is 0.252. The van der Waals surface area contributed by atoms with E-state index in [2.05, 4.69) is 10.6 Å². The van der Waals surface area contributed by atoms with Crippen LogP contribution in [0.5, 0.6) is 0 Å². The lowest BCUT2D eigenvalue weighted by atomic mass is 10.2. The SMILES string of the molecule is N#Cc1cccc(NC(=S)Nc2ccc(SC(F)F)cc2)c1. The van der Waals surface area contributed by atoms with Crippen LogP contribution in [-0.4, -0.2) is 10.9 Å². The van der Waals surface area contributed by atoms with Gasteiger partial charge in [-0.15, -0.1) is 0 Å². The van der Waals surface area contributed by atoms with E-state index < -0.39 is 5.76 Å². The van der Waals surface area contributed by atoms with Crippen molar-refractivity contribution in [3.05, 3.63) is 54.1 Å². The summed E-state index contributed by atoms with van der Waals surface area (Å²) in [5.74, 6) is -2.44. The Hall–Kier alpha value is -2.17. The van der Waals surface area contributed by atoms with E-state index in [1.165, 1.54) is 0 Å². The molecule has 0 bridgehead atoms. The van der Waals surface area contributed by atoms with Crippen molar-refractivity contribution in [2.24, 2.45) is 0 Å². The number of hydrogen-bond acceptors (Lipinski definition) is 3. The molecule has 0 fully saturated rings. The Morgan fingerprint density at radius 2 is 1.77 bits per heavy atom. The van der Waals surface area contributed by atoms with Gasteiger partial charge in [0.2, 0.25) is 0 Å². The Kier molecular flexibility index (Phi) is 5.69. The number of benzene rings is 2. The minimum absolute atomic E-state index is 0.351. The second-order valence-corrected chi connectivity index (χ2v) is 5.65. The van der Waals surface area contributed by atoms with Gasteiger partial charge in [0.15, 0.2) is 5.11 Å². The van der Waals surface area contributed by atoms with Crippen LogP contribution in [0.25, 0.3) is 0 Å². The van der Waals surface area contributed by atoms with Crippen molar-refractivity contribution in [2.75, 3.05) is 10.6 Å². The first-order valence-electron chi connectivity index (χ1n) is 6.20. The van der Waals surface area contributed by atoms with Crippen LogP contribution in [0.4, 0.5) is 20.2 Å². The molecule has 0 aliphatic rings. The Morgan fingerprint density at radius 3 is 2.41 bits per heavy atom. The lowest BCUT2D eigenvalue weighted by Crippen LogP contribution is -2.19. The predicted molar refractivity (Wildman–Crippen MR) is 89.3 cm³/mol. The minimum atomic E-state index is -2.44. The fourth-order valence-electron chi connectivity index (χ4n) is 1.68. The third-order valence-corrected chi connectivity index (χ3v) is 3.51. The van der Waals surface area contributed by atoms with Crippen molar-refractivity contribution >= 4 is 40.5 Å². The first-order chi connectivity index (χ1) is 10.6. The summed E-state index contributed by atoms with van der Waals surface area (Å²) in [5, 5.41) is 15.1. The van der Waals surface area contributed by atoms with E-state index in [4.69, 9.17) is 17.5 Å². The third-order valence-electron chi connectivity index (χ3n) is 2.59. The highest BCUT2D eigenvalue weighted by atomic mass is 32.2. The summed E-state index contributed by atoms with van der Waals surface area (Å²) in [5.41, 5.74) is 1.91. The second kappa shape index (κ2) is 7.73. The topological polar surface area (TPSA) is 47.9 Å². The fourth-order valence-corrected chi connectivity index (χ4v) is 2.41. The van der Waals surface area contributed by atoms with E-state index in [-0.39, 0.29) is 0 Å². The van der Waals surface area contributed by atoms with Crippen molar-refractivity contribution < 1.29 is 8.78 Å². The van der Waals surface area contributed by atoms with Crippen LogP contribution in [0.3, 0.4) is 0 Å². The average molecular weight is 335 g/mol. The molecule has 2 rings (SSSR count). The molecule has 0 radical (unpaired) electrons. The molecule has 0 aliphatic carbocycles. The summed E-state index contributed by atoms with van der Waals surface area (Å²) in [4.78, 5) is 0.487. The minimum Gasteiger partial charge on any atom is -0.332 e. The maximum Gasteiger partial charge on any atom is 0.288 e. The molecule has 2 N–H and O–H groups in total. The second-order valence-electron chi connectivity index (χ2n) is 4.17. The van der Waals surface area contributed by atoms with Crippen LogP contribution in [0, 0.1) is 11.3 Å². The van der Waals surface area contributed by atoms with E-state index in [1.807, 2.05) is 6.07 Å². The molecule has 2 aromatic rings. The molecule has 0 unspecified atom stereocenters. The van der Waals surface area contributed by atoms with Gasteiger partial charge in [-0.05, 0) is 54.7 Å². The van der Waals surface area contributed by atoms with Crippen LogP contribution in [-0.2, 0) is 0 Å². The first kappa shape index (κ1) is 16.2. The van der Waals surface area contributed by atoms with Gasteiger partial charge in [0.25, 0.3) is 5.76 Å². The zero-order chi connectivity index (χ0) is 15.9. The smallest absolute Gasteiger partial charge is 0.288 e. The van der Waals surface area contributed by atoms with Gasteiger partial charge in [0.1, 0.15) is 0 Å². The Morgan fingerprint density at radius 1 is 1.09 bits per heavy atom. The third kappa shape index (κ3) is 4.98. The normalized spacial score (nSPS) is 10.1. The average Bonchev–Trinajstić information content (AvgIpc) is 2.49. The van der Waals surface area contributed by atoms with E-state index in [0.717, 1.165) is 0 Å². The summed E-state index contributed by atoms with van der Waals surface area (Å²) >= 11 is 5.66. The number of hydrogen-bond donors (Lipinski definition) is 2. The van der Waals surface area contributed by atoms with Gasteiger partial charge < -0.3 is 10.6 Å². The fraction of sp³-hybridized carbons (Fsp3) is 0.0667. The van der Waals surface area contributed by atoms with Gasteiger partial charge >= 0.3 is 0 Å². The summed E-state index contributed by atoms with van der Waals surface area (Å²) < 4.78 is 24.5. The molecular weight excluding hydrogens is 324 g/mol. The molecule has 0 spiro atoms. The molecule has 3 nitrogen and oxygen atoms in total. The number of rotatable bonds is 4. The number of alkyl halides is 2. The maximum atomic E-state index is 12.2. The van der Waals surface area contributed by atoms with Crippen molar-refractivity contribution in [3.63, 3.8) is 0 Å². The summed E-state index contributed by atoms with van der Waals surface area (Å²) in [7, 11) is 0. The van der Waals surface area contributed by atoms with Gasteiger partial charge in [-0.3, -0.25) is 0 Å².